The van der Waals surface area contributed by atoms with E-state index < -0.39 is 0 Å². The number of hydrogen-bond acceptors (Lipinski definition) is 6. The van der Waals surface area contributed by atoms with Crippen LogP contribution in [0.2, 0.25) is 0 Å². The Morgan fingerprint density at radius 3 is 2.95 bits per heavy atom. The molecule has 8 heteroatoms. The smallest absolute Gasteiger partial charge is 0.191 e. The van der Waals surface area contributed by atoms with E-state index in [0.29, 0.717) is 5.92 Å². The van der Waals surface area contributed by atoms with Gasteiger partial charge in [0.05, 0.1) is 0 Å². The normalized spacial score (nSPS) is 19.4. The van der Waals surface area contributed by atoms with Gasteiger partial charge in [-0.2, -0.15) is 0 Å². The van der Waals surface area contributed by atoms with Crippen LogP contribution in [-0.4, -0.2) is 48.4 Å². The second kappa shape index (κ2) is 6.36. The molecule has 0 unspecified atom stereocenters. The molecule has 1 aliphatic rings. The van der Waals surface area contributed by atoms with Crippen molar-refractivity contribution in [3.05, 3.63) is 18.5 Å². The van der Waals surface area contributed by atoms with Gasteiger partial charge in [-0.15, -0.1) is 20.4 Å². The van der Waals surface area contributed by atoms with Crippen LogP contribution in [0.4, 0.5) is 0 Å². The highest BCUT2D eigenvalue weighted by Crippen LogP contribution is 2.24. The molecule has 3 rings (SSSR count). The zero-order chi connectivity index (χ0) is 13.8. The van der Waals surface area contributed by atoms with Gasteiger partial charge in [-0.3, -0.25) is 0 Å². The van der Waals surface area contributed by atoms with Crippen LogP contribution in [0.5, 0.6) is 0 Å². The Bertz CT molecular complexity index is 530. The van der Waals surface area contributed by atoms with Gasteiger partial charge in [0.25, 0.3) is 0 Å². The summed E-state index contributed by atoms with van der Waals surface area (Å²) < 4.78 is 4.10. The maximum absolute atomic E-state index is 4.38. The molecule has 0 amide bonds. The van der Waals surface area contributed by atoms with Gasteiger partial charge in [0.1, 0.15) is 18.5 Å². The predicted molar refractivity (Wildman–Crippen MR) is 76.6 cm³/mol. The maximum atomic E-state index is 4.38. The van der Waals surface area contributed by atoms with Crippen molar-refractivity contribution < 1.29 is 0 Å². The summed E-state index contributed by atoms with van der Waals surface area (Å²) in [6, 6.07) is 0. The summed E-state index contributed by atoms with van der Waals surface area (Å²) >= 11 is 1.72. The van der Waals surface area contributed by atoms with E-state index >= 15 is 0 Å². The fourth-order valence-corrected chi connectivity index (χ4v) is 3.33. The zero-order valence-corrected chi connectivity index (χ0v) is 12.4. The van der Waals surface area contributed by atoms with Gasteiger partial charge in [-0.25, -0.2) is 0 Å². The summed E-state index contributed by atoms with van der Waals surface area (Å²) in [4.78, 5) is 0. The first-order chi connectivity index (χ1) is 9.84. The van der Waals surface area contributed by atoms with E-state index in [1.54, 1.807) is 24.4 Å². The molecule has 0 bridgehead atoms. The second-order valence-corrected chi connectivity index (χ2v) is 6.05. The van der Waals surface area contributed by atoms with Crippen molar-refractivity contribution in [2.45, 2.75) is 30.5 Å². The van der Waals surface area contributed by atoms with Crippen molar-refractivity contribution >= 4 is 11.8 Å². The van der Waals surface area contributed by atoms with Gasteiger partial charge >= 0.3 is 0 Å². The molecular weight excluding hydrogens is 274 g/mol. The SMILES string of the molecule is Cn1c(SCCn2cnnc2)nnc1[C@@H]1CCCNC1. The van der Waals surface area contributed by atoms with E-state index in [2.05, 4.69) is 37.3 Å². The largest absolute Gasteiger partial charge is 0.319 e. The highest BCUT2D eigenvalue weighted by atomic mass is 32.2. The van der Waals surface area contributed by atoms with Crippen LogP contribution in [0, 0.1) is 0 Å². The average Bonchev–Trinajstić information content (AvgIpc) is 3.11. The monoisotopic (exact) mass is 293 g/mol. The Morgan fingerprint density at radius 1 is 1.35 bits per heavy atom. The van der Waals surface area contributed by atoms with Gasteiger partial charge in [0.15, 0.2) is 5.16 Å². The first kappa shape index (κ1) is 13.6. The third kappa shape index (κ3) is 3.01. The van der Waals surface area contributed by atoms with Gasteiger partial charge < -0.3 is 14.5 Å². The summed E-state index contributed by atoms with van der Waals surface area (Å²) in [7, 11) is 2.06. The molecule has 0 aliphatic carbocycles. The number of hydrogen-bond donors (Lipinski definition) is 1. The predicted octanol–water partition coefficient (Wildman–Crippen LogP) is 0.666. The molecular formula is C12H19N7S. The molecule has 20 heavy (non-hydrogen) atoms. The van der Waals surface area contributed by atoms with Crippen molar-refractivity contribution in [2.75, 3.05) is 18.8 Å². The van der Waals surface area contributed by atoms with Crippen LogP contribution < -0.4 is 5.32 Å². The van der Waals surface area contributed by atoms with Crippen molar-refractivity contribution in [1.82, 2.24) is 34.8 Å². The molecule has 0 aromatic carbocycles. The third-order valence-electron chi connectivity index (χ3n) is 3.58. The lowest BCUT2D eigenvalue weighted by Gasteiger charge is -2.21. The first-order valence-corrected chi connectivity index (χ1v) is 7.88. The van der Waals surface area contributed by atoms with Crippen molar-refractivity contribution in [1.29, 1.82) is 0 Å². The van der Waals surface area contributed by atoms with Crippen LogP contribution in [0.3, 0.4) is 0 Å². The van der Waals surface area contributed by atoms with E-state index in [4.69, 9.17) is 0 Å². The number of nitrogens with one attached hydrogen (secondary N) is 1. The Morgan fingerprint density at radius 2 is 2.20 bits per heavy atom. The minimum atomic E-state index is 0.494. The van der Waals surface area contributed by atoms with E-state index in [1.807, 2.05) is 4.57 Å². The van der Waals surface area contributed by atoms with Crippen LogP contribution in [-0.2, 0) is 13.6 Å². The van der Waals surface area contributed by atoms with E-state index in [-0.39, 0.29) is 0 Å². The van der Waals surface area contributed by atoms with Crippen LogP contribution in [0.1, 0.15) is 24.6 Å². The van der Waals surface area contributed by atoms with E-state index in [9.17, 15) is 0 Å². The van der Waals surface area contributed by atoms with E-state index in [0.717, 1.165) is 36.4 Å². The Balaban J connectivity index is 1.58. The van der Waals surface area contributed by atoms with Gasteiger partial charge in [0.2, 0.25) is 0 Å². The lowest BCUT2D eigenvalue weighted by Crippen LogP contribution is -2.29. The number of nitrogens with zero attached hydrogens (tertiary/aromatic N) is 6. The van der Waals surface area contributed by atoms with Crippen LogP contribution >= 0.6 is 11.8 Å². The molecule has 2 aromatic rings. The fourth-order valence-electron chi connectivity index (χ4n) is 2.46. The topological polar surface area (TPSA) is 73.5 Å². The van der Waals surface area contributed by atoms with Crippen LogP contribution in [0.15, 0.2) is 17.8 Å². The highest BCUT2D eigenvalue weighted by Gasteiger charge is 2.21. The molecule has 0 radical (unpaired) electrons. The second-order valence-electron chi connectivity index (χ2n) is 4.99. The van der Waals surface area contributed by atoms with Crippen molar-refractivity contribution in [2.24, 2.45) is 7.05 Å². The van der Waals surface area contributed by atoms with E-state index in [1.165, 1.54) is 12.8 Å². The molecule has 0 saturated carbocycles. The fraction of sp³-hybridized carbons (Fsp3) is 0.667. The quantitative estimate of drug-likeness (QED) is 0.817. The molecule has 1 saturated heterocycles. The molecule has 1 atom stereocenters. The van der Waals surface area contributed by atoms with Gasteiger partial charge in [0, 0.05) is 31.8 Å². The number of rotatable bonds is 5. The highest BCUT2D eigenvalue weighted by molar-refractivity contribution is 7.99. The molecule has 1 aliphatic heterocycles. The molecule has 3 heterocycles. The Labute approximate surface area is 122 Å². The summed E-state index contributed by atoms with van der Waals surface area (Å²) in [6.07, 6.45) is 5.88. The molecule has 1 N–H and O–H groups in total. The summed E-state index contributed by atoms with van der Waals surface area (Å²) in [5.74, 6) is 2.53. The van der Waals surface area contributed by atoms with Crippen LogP contribution in [0.25, 0.3) is 0 Å². The average molecular weight is 293 g/mol. The summed E-state index contributed by atoms with van der Waals surface area (Å²) in [6.45, 7) is 3.01. The number of piperidine rings is 1. The molecule has 108 valence electrons. The lowest BCUT2D eigenvalue weighted by molar-refractivity contribution is 0.436. The lowest BCUT2D eigenvalue weighted by atomic mass is 9.99. The first-order valence-electron chi connectivity index (χ1n) is 6.90. The maximum Gasteiger partial charge on any atom is 0.191 e. The van der Waals surface area contributed by atoms with Gasteiger partial charge in [-0.1, -0.05) is 11.8 Å². The Kier molecular flexibility index (Phi) is 4.31. The van der Waals surface area contributed by atoms with Gasteiger partial charge in [-0.05, 0) is 19.4 Å². The Hall–Kier alpha value is -1.41. The molecule has 2 aromatic heterocycles. The minimum absolute atomic E-state index is 0.494. The zero-order valence-electron chi connectivity index (χ0n) is 11.6. The number of aromatic nitrogens is 6. The van der Waals surface area contributed by atoms with Crippen molar-refractivity contribution in [3.63, 3.8) is 0 Å². The summed E-state index contributed by atoms with van der Waals surface area (Å²) in [5, 5.41) is 20.7. The number of aryl methyl sites for hydroxylation is 1. The summed E-state index contributed by atoms with van der Waals surface area (Å²) in [5.41, 5.74) is 0. The molecule has 7 nitrogen and oxygen atoms in total. The third-order valence-corrected chi connectivity index (χ3v) is 4.58. The standard InChI is InChI=1S/C12H19N7S/c1-18-11(10-3-2-4-13-7-10)16-17-12(18)20-6-5-19-8-14-15-9-19/h8-10,13H,2-7H2,1H3/t10-/m1/s1. The number of thioether (sulfide) groups is 1. The molecule has 1 fully saturated rings. The van der Waals surface area contributed by atoms with Crippen molar-refractivity contribution in [3.8, 4) is 0 Å². The minimum Gasteiger partial charge on any atom is -0.319 e. The molecule has 0 spiro atoms.